The summed E-state index contributed by atoms with van der Waals surface area (Å²) in [5.41, 5.74) is 3.22. The van der Waals surface area contributed by atoms with Crippen LogP contribution in [0, 0.1) is 11.7 Å². The lowest BCUT2D eigenvalue weighted by Crippen LogP contribution is -2.03. The second kappa shape index (κ2) is 6.37. The predicted octanol–water partition coefficient (Wildman–Crippen LogP) is 4.10. The third-order valence-electron chi connectivity index (χ3n) is 3.66. The van der Waals surface area contributed by atoms with E-state index in [1.54, 1.807) is 0 Å². The number of hydrogen-bond donors (Lipinski definition) is 1. The Morgan fingerprint density at radius 2 is 1.84 bits per heavy atom. The molecule has 0 saturated heterocycles. The van der Waals surface area contributed by atoms with Crippen LogP contribution in [0.4, 0.5) is 0 Å². The van der Waals surface area contributed by atoms with E-state index < -0.39 is 0 Å². The molecule has 2 heterocycles. The van der Waals surface area contributed by atoms with Crippen LogP contribution in [0.15, 0.2) is 0 Å². The highest BCUT2D eigenvalue weighted by Crippen LogP contribution is 2.18. The second-order valence-electron chi connectivity index (χ2n) is 5.26. The van der Waals surface area contributed by atoms with Crippen molar-refractivity contribution in [1.29, 1.82) is 0 Å². The van der Waals surface area contributed by atoms with Crippen LogP contribution in [-0.2, 0) is 13.6 Å². The molecule has 0 spiro atoms. The van der Waals surface area contributed by atoms with Crippen LogP contribution in [-0.4, -0.2) is 19.3 Å². The first-order valence-electron chi connectivity index (χ1n) is 7.27. The Morgan fingerprint density at radius 1 is 1.16 bits per heavy atom. The first kappa shape index (κ1) is 14.3. The molecule has 106 valence electrons. The molecular formula is C14H24N4S. The highest BCUT2D eigenvalue weighted by atomic mass is 32.1. The summed E-state index contributed by atoms with van der Waals surface area (Å²) in [5.74, 6) is 0. The number of aromatic amines is 1. The summed E-state index contributed by atoms with van der Waals surface area (Å²) < 4.78 is 4.93. The van der Waals surface area contributed by atoms with Crippen molar-refractivity contribution < 1.29 is 0 Å². The van der Waals surface area contributed by atoms with Crippen LogP contribution in [0.5, 0.6) is 0 Å². The average Bonchev–Trinajstić information content (AvgIpc) is 2.83. The zero-order valence-corrected chi connectivity index (χ0v) is 13.0. The van der Waals surface area contributed by atoms with Gasteiger partial charge in [-0.3, -0.25) is 4.68 Å². The van der Waals surface area contributed by atoms with Crippen molar-refractivity contribution in [3.63, 3.8) is 0 Å². The van der Waals surface area contributed by atoms with E-state index in [4.69, 9.17) is 12.2 Å². The van der Waals surface area contributed by atoms with E-state index in [1.165, 1.54) is 38.5 Å². The van der Waals surface area contributed by atoms with Crippen molar-refractivity contribution >= 4 is 23.4 Å². The van der Waals surface area contributed by atoms with Gasteiger partial charge in [-0.1, -0.05) is 39.0 Å². The normalized spacial score (nSPS) is 11.5. The number of nitrogens with one attached hydrogen (secondary N) is 1. The molecule has 0 radical (unpaired) electrons. The van der Waals surface area contributed by atoms with E-state index in [0.29, 0.717) is 0 Å². The number of aromatic nitrogens is 4. The van der Waals surface area contributed by atoms with Gasteiger partial charge >= 0.3 is 0 Å². The van der Waals surface area contributed by atoms with Gasteiger partial charge in [-0.15, -0.1) is 0 Å². The standard InChI is InChI=1S/C14H24N4S/c1-4-5-6-7-8-9-10-18-13-12(15-14(18)19)11(2)16-17(13)3/h4-10H2,1-3H3,(H,15,19). The van der Waals surface area contributed by atoms with Gasteiger partial charge in [0.05, 0.1) is 5.69 Å². The van der Waals surface area contributed by atoms with Crippen LogP contribution in [0.2, 0.25) is 0 Å². The SMILES string of the molecule is CCCCCCCCn1c(=S)[nH]c2c(C)nn(C)c21. The largest absolute Gasteiger partial charge is 0.328 e. The van der Waals surface area contributed by atoms with Gasteiger partial charge in [0.2, 0.25) is 0 Å². The van der Waals surface area contributed by atoms with Gasteiger partial charge in [0, 0.05) is 13.6 Å². The number of fused-ring (bicyclic) bond motifs is 1. The lowest BCUT2D eigenvalue weighted by atomic mass is 10.1. The fraction of sp³-hybridized carbons (Fsp3) is 0.714. The minimum atomic E-state index is 0.819. The summed E-state index contributed by atoms with van der Waals surface area (Å²) in [4.78, 5) is 3.27. The zero-order chi connectivity index (χ0) is 13.8. The molecule has 0 aliphatic carbocycles. The van der Waals surface area contributed by atoms with Gasteiger partial charge < -0.3 is 9.55 Å². The molecule has 0 atom stereocenters. The van der Waals surface area contributed by atoms with E-state index in [2.05, 4.69) is 21.6 Å². The lowest BCUT2D eigenvalue weighted by molar-refractivity contribution is 0.555. The highest BCUT2D eigenvalue weighted by Gasteiger charge is 2.11. The predicted molar refractivity (Wildman–Crippen MR) is 82.0 cm³/mol. The van der Waals surface area contributed by atoms with Crippen molar-refractivity contribution in [2.24, 2.45) is 7.05 Å². The number of imidazole rings is 1. The Labute approximate surface area is 119 Å². The summed E-state index contributed by atoms with van der Waals surface area (Å²) in [6.07, 6.45) is 7.82. The molecule has 5 heteroatoms. The average molecular weight is 280 g/mol. The van der Waals surface area contributed by atoms with E-state index in [9.17, 15) is 0 Å². The van der Waals surface area contributed by atoms with Crippen LogP contribution < -0.4 is 0 Å². The molecule has 0 unspecified atom stereocenters. The van der Waals surface area contributed by atoms with Crippen molar-refractivity contribution in [1.82, 2.24) is 19.3 Å². The topological polar surface area (TPSA) is 38.5 Å². The van der Waals surface area contributed by atoms with Gasteiger partial charge in [0.1, 0.15) is 5.52 Å². The zero-order valence-electron chi connectivity index (χ0n) is 12.2. The highest BCUT2D eigenvalue weighted by molar-refractivity contribution is 7.71. The Morgan fingerprint density at radius 3 is 2.58 bits per heavy atom. The summed E-state index contributed by atoms with van der Waals surface area (Å²) in [5, 5.41) is 4.44. The van der Waals surface area contributed by atoms with E-state index >= 15 is 0 Å². The van der Waals surface area contributed by atoms with Crippen molar-refractivity contribution in [3.05, 3.63) is 10.5 Å². The number of aryl methyl sites for hydroxylation is 3. The Balaban J connectivity index is 2.00. The molecule has 0 saturated carbocycles. The van der Waals surface area contributed by atoms with Gasteiger partial charge in [-0.05, 0) is 25.6 Å². The van der Waals surface area contributed by atoms with Gasteiger partial charge in [-0.25, -0.2) is 0 Å². The maximum Gasteiger partial charge on any atom is 0.179 e. The van der Waals surface area contributed by atoms with E-state index in [0.717, 1.165) is 28.2 Å². The number of nitrogens with zero attached hydrogens (tertiary/aromatic N) is 3. The molecular weight excluding hydrogens is 256 g/mol. The van der Waals surface area contributed by atoms with Gasteiger partial charge in [0.15, 0.2) is 10.4 Å². The third-order valence-corrected chi connectivity index (χ3v) is 3.98. The van der Waals surface area contributed by atoms with Crippen LogP contribution in [0.25, 0.3) is 11.2 Å². The van der Waals surface area contributed by atoms with E-state index in [-0.39, 0.29) is 0 Å². The van der Waals surface area contributed by atoms with Crippen molar-refractivity contribution in [2.45, 2.75) is 58.9 Å². The lowest BCUT2D eigenvalue weighted by Gasteiger charge is -2.05. The molecule has 0 aliphatic rings. The van der Waals surface area contributed by atoms with Gasteiger partial charge in [0.25, 0.3) is 0 Å². The molecule has 4 nitrogen and oxygen atoms in total. The van der Waals surface area contributed by atoms with E-state index in [1.807, 2.05) is 18.7 Å². The molecule has 0 amide bonds. The van der Waals surface area contributed by atoms with Crippen molar-refractivity contribution in [3.8, 4) is 0 Å². The summed E-state index contributed by atoms with van der Waals surface area (Å²) >= 11 is 5.41. The third kappa shape index (κ3) is 3.08. The molecule has 0 bridgehead atoms. The molecule has 0 aliphatic heterocycles. The summed E-state index contributed by atoms with van der Waals surface area (Å²) in [7, 11) is 1.98. The first-order valence-corrected chi connectivity index (χ1v) is 7.68. The van der Waals surface area contributed by atoms with Gasteiger partial charge in [-0.2, -0.15) is 5.10 Å². The van der Waals surface area contributed by atoms with Crippen LogP contribution in [0.3, 0.4) is 0 Å². The minimum Gasteiger partial charge on any atom is -0.328 e. The Hall–Kier alpha value is -1.10. The Kier molecular flexibility index (Phi) is 4.80. The quantitative estimate of drug-likeness (QED) is 0.612. The molecule has 1 N–H and O–H groups in total. The number of H-pyrrole nitrogens is 1. The molecule has 2 rings (SSSR count). The number of unbranched alkanes of at least 4 members (excludes halogenated alkanes) is 5. The maximum absolute atomic E-state index is 5.41. The number of hydrogen-bond acceptors (Lipinski definition) is 2. The molecule has 0 aromatic carbocycles. The van der Waals surface area contributed by atoms with Crippen molar-refractivity contribution in [2.75, 3.05) is 0 Å². The fourth-order valence-corrected chi connectivity index (χ4v) is 2.91. The Bertz CT molecular complexity index is 590. The number of rotatable bonds is 7. The minimum absolute atomic E-state index is 0.819. The molecule has 0 fully saturated rings. The molecule has 2 aromatic heterocycles. The summed E-state index contributed by atoms with van der Waals surface area (Å²) in [6.45, 7) is 5.26. The van der Waals surface area contributed by atoms with Crippen LogP contribution >= 0.6 is 12.2 Å². The summed E-state index contributed by atoms with van der Waals surface area (Å²) in [6, 6.07) is 0. The molecule has 2 aromatic rings. The van der Waals surface area contributed by atoms with Crippen LogP contribution in [0.1, 0.15) is 51.1 Å². The monoisotopic (exact) mass is 280 g/mol. The molecule has 19 heavy (non-hydrogen) atoms. The first-order chi connectivity index (χ1) is 9.15. The smallest absolute Gasteiger partial charge is 0.179 e. The maximum atomic E-state index is 5.41. The fourth-order valence-electron chi connectivity index (χ4n) is 2.63. The second-order valence-corrected chi connectivity index (χ2v) is 5.64.